The van der Waals surface area contributed by atoms with Crippen molar-refractivity contribution in [2.75, 3.05) is 15.9 Å². The number of benzene rings is 7. The number of allylic oxidation sites excluding steroid dienone is 3. The quantitative estimate of drug-likeness (QED) is 0.0829. The predicted octanol–water partition coefficient (Wildman–Crippen LogP) is 14.0. The Labute approximate surface area is 316 Å². The van der Waals surface area contributed by atoms with Gasteiger partial charge in [0, 0.05) is 55.0 Å². The Morgan fingerprint density at radius 1 is 0.500 bits per heavy atom. The van der Waals surface area contributed by atoms with E-state index in [-0.39, 0.29) is 0 Å². The van der Waals surface area contributed by atoms with Crippen molar-refractivity contribution in [3.63, 3.8) is 0 Å². The van der Waals surface area contributed by atoms with Crippen molar-refractivity contribution in [3.8, 4) is 22.3 Å². The minimum absolute atomic E-state index is 0.678. The van der Waals surface area contributed by atoms with E-state index < -0.39 is 0 Å². The molecule has 2 heterocycles. The molecule has 0 atom stereocenters. The Morgan fingerprint density at radius 3 is 1.71 bits per heavy atom. The summed E-state index contributed by atoms with van der Waals surface area (Å²) in [6.45, 7) is 0.678. The number of hydrogen-bond acceptors (Lipinski definition) is 3. The van der Waals surface area contributed by atoms with E-state index in [1.807, 2.05) is 24.3 Å². The smallest absolute Gasteiger partial charge is 0.143 e. The van der Waals surface area contributed by atoms with Crippen molar-refractivity contribution >= 4 is 83.4 Å². The predicted molar refractivity (Wildman–Crippen MR) is 228 cm³/mol. The maximum atomic E-state index is 6.42. The lowest BCUT2D eigenvalue weighted by Crippen LogP contribution is -2.16. The molecule has 0 bridgehead atoms. The fourth-order valence-corrected chi connectivity index (χ4v) is 7.70. The second kappa shape index (κ2) is 14.0. The third kappa shape index (κ3) is 5.99. The van der Waals surface area contributed by atoms with Crippen LogP contribution in [0, 0.1) is 0 Å². The van der Waals surface area contributed by atoms with E-state index in [4.69, 9.17) is 8.83 Å². The monoisotopic (exact) mass is 783 g/mol. The molecule has 0 aliphatic heterocycles. The molecule has 0 radical (unpaired) electrons. The lowest BCUT2D eigenvalue weighted by molar-refractivity contribution is 0.667. The molecule has 0 saturated carbocycles. The summed E-state index contributed by atoms with van der Waals surface area (Å²) >= 11 is 2.42. The molecule has 0 spiro atoms. The zero-order valence-corrected chi connectivity index (χ0v) is 30.5. The first-order valence-electron chi connectivity index (χ1n) is 17.5. The van der Waals surface area contributed by atoms with Crippen LogP contribution in [-0.4, -0.2) is 11.0 Å². The molecule has 9 aromatic rings. The van der Waals surface area contributed by atoms with Crippen molar-refractivity contribution in [2.24, 2.45) is 0 Å². The molecular weight excluding hydrogens is 749 g/mol. The van der Waals surface area contributed by atoms with Crippen LogP contribution in [0.2, 0.25) is 0 Å². The number of anilines is 2. The minimum Gasteiger partial charge on any atom is -0.455 e. The van der Waals surface area contributed by atoms with Crippen LogP contribution in [0.4, 0.5) is 11.4 Å². The molecule has 4 heteroatoms. The van der Waals surface area contributed by atoms with Gasteiger partial charge in [0.15, 0.2) is 0 Å². The second-order valence-electron chi connectivity index (χ2n) is 12.8. The zero-order valence-electron chi connectivity index (χ0n) is 28.4. The molecule has 0 aliphatic carbocycles. The Bertz CT molecular complexity index is 2740. The van der Waals surface area contributed by atoms with Gasteiger partial charge in [0.25, 0.3) is 0 Å². The van der Waals surface area contributed by atoms with Gasteiger partial charge in [-0.3, -0.25) is 0 Å². The highest BCUT2D eigenvalue weighted by molar-refractivity contribution is 14.1. The van der Waals surface area contributed by atoms with Crippen LogP contribution >= 0.6 is 22.6 Å². The maximum Gasteiger partial charge on any atom is 0.143 e. The van der Waals surface area contributed by atoms with Gasteiger partial charge in [0.2, 0.25) is 0 Å². The van der Waals surface area contributed by atoms with Gasteiger partial charge in [-0.05, 0) is 58.7 Å². The van der Waals surface area contributed by atoms with Gasteiger partial charge in [-0.2, -0.15) is 0 Å². The summed E-state index contributed by atoms with van der Waals surface area (Å²) in [6, 6.07) is 57.6. The van der Waals surface area contributed by atoms with E-state index >= 15 is 0 Å². The lowest BCUT2D eigenvalue weighted by Gasteiger charge is -2.24. The maximum absolute atomic E-state index is 6.42. The molecule has 0 N–H and O–H groups in total. The first kappa shape index (κ1) is 32.1. The number of nitrogens with zero attached hydrogens (tertiary/aromatic N) is 1. The normalized spacial score (nSPS) is 12.1. The number of halogens is 1. The van der Waals surface area contributed by atoms with Crippen LogP contribution < -0.4 is 4.90 Å². The van der Waals surface area contributed by atoms with Crippen LogP contribution in [0.1, 0.15) is 5.56 Å². The number of alkyl halides is 1. The first-order valence-corrected chi connectivity index (χ1v) is 19.0. The molecule has 0 unspecified atom stereocenters. The van der Waals surface area contributed by atoms with Gasteiger partial charge < -0.3 is 13.7 Å². The molecular formula is C48H34INO2. The number of hydrogen-bond donors (Lipinski definition) is 0. The summed E-state index contributed by atoms with van der Waals surface area (Å²) in [7, 11) is 0. The second-order valence-corrected chi connectivity index (χ2v) is 13.7. The molecule has 0 amide bonds. The average molecular weight is 784 g/mol. The fourth-order valence-electron chi connectivity index (χ4n) is 7.23. The number of para-hydroxylation sites is 4. The standard InChI is InChI=1S/C48H34INO2/c49-31-30-35(39-16-8-18-43-41-14-4-6-20-45(41)51-47(39)43)13-10-32-50(37-26-22-34(23-27-37)33-11-2-1-3-12-33)38-28-24-36(25-29-38)40-17-9-19-44-42-15-5-7-21-46(42)52-48(40)44/h1-30H,31-32H2/b13-10-,35-30+. The van der Waals surface area contributed by atoms with Gasteiger partial charge in [0.05, 0.1) is 0 Å². The average Bonchev–Trinajstić information content (AvgIpc) is 3.79. The summed E-state index contributed by atoms with van der Waals surface area (Å²) in [6.07, 6.45) is 6.77. The summed E-state index contributed by atoms with van der Waals surface area (Å²) in [4.78, 5) is 2.36. The van der Waals surface area contributed by atoms with Crippen molar-refractivity contribution in [3.05, 3.63) is 188 Å². The highest BCUT2D eigenvalue weighted by atomic mass is 127. The molecule has 0 fully saturated rings. The SMILES string of the molecule is IC/C=C(\C=C/CN(c1ccc(-c2ccccc2)cc1)c1ccc(-c2cccc3c2oc2ccccc23)cc1)c1cccc2c1oc1ccccc12. The minimum atomic E-state index is 0.678. The van der Waals surface area contributed by atoms with E-state index in [0.717, 1.165) is 81.9 Å². The van der Waals surface area contributed by atoms with E-state index in [1.54, 1.807) is 0 Å². The van der Waals surface area contributed by atoms with Crippen molar-refractivity contribution in [1.29, 1.82) is 0 Å². The van der Waals surface area contributed by atoms with Gasteiger partial charge in [-0.15, -0.1) is 0 Å². The van der Waals surface area contributed by atoms with Gasteiger partial charge >= 0.3 is 0 Å². The third-order valence-electron chi connectivity index (χ3n) is 9.78. The molecule has 9 rings (SSSR count). The molecule has 52 heavy (non-hydrogen) atoms. The molecule has 7 aromatic carbocycles. The number of rotatable bonds is 9. The first-order chi connectivity index (χ1) is 25.7. The van der Waals surface area contributed by atoms with Crippen molar-refractivity contribution in [2.45, 2.75) is 0 Å². The molecule has 2 aromatic heterocycles. The molecule has 0 aliphatic rings. The largest absolute Gasteiger partial charge is 0.455 e. The highest BCUT2D eigenvalue weighted by Gasteiger charge is 2.15. The third-order valence-corrected chi connectivity index (χ3v) is 10.2. The van der Waals surface area contributed by atoms with Crippen LogP contribution in [0.25, 0.3) is 71.7 Å². The van der Waals surface area contributed by atoms with Gasteiger partial charge in [-0.25, -0.2) is 0 Å². The number of furan rings is 2. The van der Waals surface area contributed by atoms with Crippen LogP contribution in [0.3, 0.4) is 0 Å². The van der Waals surface area contributed by atoms with Gasteiger partial charge in [0.1, 0.15) is 22.3 Å². The fraction of sp³-hybridized carbons (Fsp3) is 0.0417. The Balaban J connectivity index is 1.07. The van der Waals surface area contributed by atoms with E-state index in [1.165, 1.54) is 11.1 Å². The highest BCUT2D eigenvalue weighted by Crippen LogP contribution is 2.38. The van der Waals surface area contributed by atoms with E-state index in [9.17, 15) is 0 Å². The zero-order chi connectivity index (χ0) is 34.9. The topological polar surface area (TPSA) is 29.5 Å². The summed E-state index contributed by atoms with van der Waals surface area (Å²) in [5.41, 5.74) is 12.7. The molecule has 3 nitrogen and oxygen atoms in total. The summed E-state index contributed by atoms with van der Waals surface area (Å²) in [5.74, 6) is 0. The van der Waals surface area contributed by atoms with Crippen molar-refractivity contribution < 1.29 is 8.83 Å². The van der Waals surface area contributed by atoms with Gasteiger partial charge in [-0.1, -0.05) is 168 Å². The van der Waals surface area contributed by atoms with Crippen LogP contribution in [0.15, 0.2) is 191 Å². The molecule has 0 saturated heterocycles. The Kier molecular flexibility index (Phi) is 8.67. The Hall–Kier alpha value is -5.85. The number of fused-ring (bicyclic) bond motifs is 6. The summed E-state index contributed by atoms with van der Waals surface area (Å²) in [5, 5.41) is 4.55. The van der Waals surface area contributed by atoms with Crippen LogP contribution in [-0.2, 0) is 0 Å². The molecule has 250 valence electrons. The summed E-state index contributed by atoms with van der Waals surface area (Å²) < 4.78 is 13.7. The van der Waals surface area contributed by atoms with Crippen molar-refractivity contribution in [1.82, 2.24) is 0 Å². The van der Waals surface area contributed by atoms with E-state index in [2.05, 4.69) is 185 Å². The van der Waals surface area contributed by atoms with Crippen LogP contribution in [0.5, 0.6) is 0 Å². The lowest BCUT2D eigenvalue weighted by atomic mass is 10.0. The Morgan fingerprint density at radius 2 is 1.04 bits per heavy atom. The van der Waals surface area contributed by atoms with E-state index in [0.29, 0.717) is 6.54 Å².